The van der Waals surface area contributed by atoms with Gasteiger partial charge in [0.1, 0.15) is 5.82 Å². The minimum absolute atomic E-state index is 0.286. The number of carbonyl (C=O) groups is 1. The van der Waals surface area contributed by atoms with E-state index in [1.807, 2.05) is 0 Å². The molecule has 0 unspecified atom stereocenters. The molecule has 0 spiro atoms. The Morgan fingerprint density at radius 1 is 1.59 bits per heavy atom. The highest BCUT2D eigenvalue weighted by Gasteiger charge is 2.10. The lowest BCUT2D eigenvalue weighted by Crippen LogP contribution is -2.20. The van der Waals surface area contributed by atoms with Crippen LogP contribution in [0.1, 0.15) is 22.5 Å². The zero-order valence-corrected chi connectivity index (χ0v) is 9.68. The van der Waals surface area contributed by atoms with E-state index >= 15 is 0 Å². The zero-order valence-electron chi connectivity index (χ0n) is 9.68. The van der Waals surface area contributed by atoms with Crippen molar-refractivity contribution in [3.05, 3.63) is 23.4 Å². The second kappa shape index (κ2) is 6.17. The van der Waals surface area contributed by atoms with E-state index in [1.165, 1.54) is 0 Å². The Morgan fingerprint density at radius 2 is 2.29 bits per heavy atom. The third-order valence-corrected chi connectivity index (χ3v) is 2.28. The molecular weight excluding hydrogens is 222 g/mol. The van der Waals surface area contributed by atoms with Crippen molar-refractivity contribution in [2.45, 2.75) is 19.4 Å². The second-order valence-electron chi connectivity index (χ2n) is 3.76. The van der Waals surface area contributed by atoms with Gasteiger partial charge >= 0.3 is 0 Å². The van der Waals surface area contributed by atoms with Gasteiger partial charge in [-0.25, -0.2) is 4.98 Å². The molecule has 94 valence electrons. The van der Waals surface area contributed by atoms with Gasteiger partial charge in [0.05, 0.1) is 18.3 Å². The minimum Gasteiger partial charge on any atom is -0.394 e. The van der Waals surface area contributed by atoms with Gasteiger partial charge in [-0.1, -0.05) is 0 Å². The number of nitrogens with one attached hydrogen (secondary N) is 1. The molecule has 0 aliphatic carbocycles. The molecule has 0 aliphatic heterocycles. The summed E-state index contributed by atoms with van der Waals surface area (Å²) in [5.74, 6) is -0.148. The molecule has 6 nitrogen and oxygen atoms in total. The summed E-state index contributed by atoms with van der Waals surface area (Å²) < 4.78 is 0. The lowest BCUT2D eigenvalue weighted by molar-refractivity contribution is 0.0911. The van der Waals surface area contributed by atoms with Gasteiger partial charge in [0.2, 0.25) is 0 Å². The average molecular weight is 239 g/mol. The third-order valence-electron chi connectivity index (χ3n) is 2.28. The van der Waals surface area contributed by atoms with Crippen LogP contribution in [0.15, 0.2) is 12.1 Å². The average Bonchev–Trinajstić information content (AvgIpc) is 2.28. The lowest BCUT2D eigenvalue weighted by Gasteiger charge is -2.11. The number of amides is 1. The number of aliphatic hydroxyl groups is 2. The van der Waals surface area contributed by atoms with Crippen molar-refractivity contribution in [3.8, 4) is 0 Å². The number of anilines is 1. The summed E-state index contributed by atoms with van der Waals surface area (Å²) in [6.07, 6.45) is -0.408. The van der Waals surface area contributed by atoms with Gasteiger partial charge in [0.25, 0.3) is 5.91 Å². The third kappa shape index (κ3) is 4.01. The fourth-order valence-corrected chi connectivity index (χ4v) is 1.34. The highest BCUT2D eigenvalue weighted by atomic mass is 16.3. The van der Waals surface area contributed by atoms with Gasteiger partial charge in [0.15, 0.2) is 0 Å². The SMILES string of the molecule is Cc1ccc(C(N)=O)c(NCC[C@@H](O)CO)n1. The van der Waals surface area contributed by atoms with Crippen LogP contribution in [0.2, 0.25) is 0 Å². The van der Waals surface area contributed by atoms with E-state index in [4.69, 9.17) is 15.9 Å². The van der Waals surface area contributed by atoms with E-state index < -0.39 is 12.0 Å². The zero-order chi connectivity index (χ0) is 12.8. The van der Waals surface area contributed by atoms with E-state index in [-0.39, 0.29) is 6.61 Å². The summed E-state index contributed by atoms with van der Waals surface area (Å²) in [7, 11) is 0. The van der Waals surface area contributed by atoms with Crippen molar-refractivity contribution in [1.82, 2.24) is 4.98 Å². The molecule has 0 fully saturated rings. The normalized spacial score (nSPS) is 12.2. The summed E-state index contributed by atoms with van der Waals surface area (Å²) in [5.41, 5.74) is 6.29. The largest absolute Gasteiger partial charge is 0.394 e. The smallest absolute Gasteiger partial charge is 0.252 e. The summed E-state index contributed by atoms with van der Waals surface area (Å²) in [6, 6.07) is 3.31. The first-order chi connectivity index (χ1) is 8.04. The van der Waals surface area contributed by atoms with Gasteiger partial charge in [-0.3, -0.25) is 4.79 Å². The van der Waals surface area contributed by atoms with Crippen molar-refractivity contribution >= 4 is 11.7 Å². The quantitative estimate of drug-likeness (QED) is 0.542. The molecular formula is C11H17N3O3. The number of hydrogen-bond acceptors (Lipinski definition) is 5. The number of rotatable bonds is 6. The van der Waals surface area contributed by atoms with E-state index in [2.05, 4.69) is 10.3 Å². The maximum absolute atomic E-state index is 11.1. The van der Waals surface area contributed by atoms with Crippen LogP contribution < -0.4 is 11.1 Å². The summed E-state index contributed by atoms with van der Waals surface area (Å²) >= 11 is 0. The first-order valence-corrected chi connectivity index (χ1v) is 5.35. The molecule has 1 heterocycles. The molecule has 1 aromatic heterocycles. The molecule has 1 rings (SSSR count). The number of aromatic nitrogens is 1. The predicted molar refractivity (Wildman–Crippen MR) is 63.7 cm³/mol. The predicted octanol–water partition coefficient (Wildman–Crippen LogP) is -0.356. The molecule has 1 aromatic rings. The van der Waals surface area contributed by atoms with Crippen molar-refractivity contribution in [1.29, 1.82) is 0 Å². The Bertz CT molecular complexity index is 396. The number of pyridine rings is 1. The molecule has 0 radical (unpaired) electrons. The van der Waals surface area contributed by atoms with Crippen LogP contribution in [0.5, 0.6) is 0 Å². The number of nitrogens with zero attached hydrogens (tertiary/aromatic N) is 1. The molecule has 1 amide bonds. The molecule has 0 saturated carbocycles. The number of hydrogen-bond donors (Lipinski definition) is 4. The van der Waals surface area contributed by atoms with E-state index in [9.17, 15) is 4.79 Å². The number of primary amides is 1. The molecule has 0 saturated heterocycles. The Labute approximate surface area is 99.5 Å². The van der Waals surface area contributed by atoms with Gasteiger partial charge in [-0.15, -0.1) is 0 Å². The van der Waals surface area contributed by atoms with Crippen LogP contribution >= 0.6 is 0 Å². The summed E-state index contributed by atoms with van der Waals surface area (Å²) in [4.78, 5) is 15.3. The van der Waals surface area contributed by atoms with Crippen LogP contribution in [0.4, 0.5) is 5.82 Å². The van der Waals surface area contributed by atoms with Gasteiger partial charge < -0.3 is 21.3 Å². The minimum atomic E-state index is -0.774. The molecule has 6 heteroatoms. The highest BCUT2D eigenvalue weighted by molar-refractivity contribution is 5.97. The number of carbonyl (C=O) groups excluding carboxylic acids is 1. The summed E-state index contributed by atoms with van der Waals surface area (Å²) in [5, 5.41) is 20.7. The van der Waals surface area contributed by atoms with Crippen LogP contribution in [0, 0.1) is 6.92 Å². The van der Waals surface area contributed by atoms with Crippen molar-refractivity contribution in [2.24, 2.45) is 5.73 Å². The van der Waals surface area contributed by atoms with Gasteiger partial charge in [-0.05, 0) is 25.5 Å². The van der Waals surface area contributed by atoms with Crippen LogP contribution in [0.25, 0.3) is 0 Å². The van der Waals surface area contributed by atoms with Crippen LogP contribution in [0.3, 0.4) is 0 Å². The lowest BCUT2D eigenvalue weighted by atomic mass is 10.2. The fourth-order valence-electron chi connectivity index (χ4n) is 1.34. The Hall–Kier alpha value is -1.66. The first kappa shape index (κ1) is 13.4. The summed E-state index contributed by atoms with van der Waals surface area (Å²) in [6.45, 7) is 1.92. The Balaban J connectivity index is 2.68. The standard InChI is InChI=1S/C11H17N3O3/c1-7-2-3-9(10(12)17)11(14-7)13-5-4-8(16)6-15/h2-3,8,15-16H,4-6H2,1H3,(H2,12,17)(H,13,14)/t8-/m1/s1. The van der Waals surface area contributed by atoms with Crippen molar-refractivity contribution < 1.29 is 15.0 Å². The van der Waals surface area contributed by atoms with E-state index in [0.29, 0.717) is 24.3 Å². The maximum Gasteiger partial charge on any atom is 0.252 e. The Morgan fingerprint density at radius 3 is 2.88 bits per heavy atom. The Kier molecular flexibility index (Phi) is 4.86. The molecule has 0 aromatic carbocycles. The monoisotopic (exact) mass is 239 g/mol. The van der Waals surface area contributed by atoms with Gasteiger partial charge in [0, 0.05) is 12.2 Å². The number of aliphatic hydroxyl groups excluding tert-OH is 2. The van der Waals surface area contributed by atoms with Crippen molar-refractivity contribution in [2.75, 3.05) is 18.5 Å². The molecule has 0 aliphatic rings. The van der Waals surface area contributed by atoms with E-state index in [0.717, 1.165) is 5.69 Å². The number of nitrogens with two attached hydrogens (primary N) is 1. The van der Waals surface area contributed by atoms with Gasteiger partial charge in [-0.2, -0.15) is 0 Å². The molecule has 1 atom stereocenters. The molecule has 5 N–H and O–H groups in total. The number of aryl methyl sites for hydroxylation is 1. The fraction of sp³-hybridized carbons (Fsp3) is 0.455. The molecule has 17 heavy (non-hydrogen) atoms. The van der Waals surface area contributed by atoms with Crippen LogP contribution in [-0.2, 0) is 0 Å². The molecule has 0 bridgehead atoms. The van der Waals surface area contributed by atoms with Crippen LogP contribution in [-0.4, -0.2) is 40.4 Å². The van der Waals surface area contributed by atoms with E-state index in [1.54, 1.807) is 19.1 Å². The maximum atomic E-state index is 11.1. The highest BCUT2D eigenvalue weighted by Crippen LogP contribution is 2.12. The topological polar surface area (TPSA) is 108 Å². The first-order valence-electron chi connectivity index (χ1n) is 5.35. The second-order valence-corrected chi connectivity index (χ2v) is 3.76. The van der Waals surface area contributed by atoms with Crippen molar-refractivity contribution in [3.63, 3.8) is 0 Å².